The minimum atomic E-state index is 0.174. The van der Waals surface area contributed by atoms with E-state index < -0.39 is 0 Å². The van der Waals surface area contributed by atoms with E-state index in [0.29, 0.717) is 11.6 Å². The van der Waals surface area contributed by atoms with Crippen molar-refractivity contribution in [2.24, 2.45) is 5.73 Å². The minimum absolute atomic E-state index is 0.174. The third-order valence-electron chi connectivity index (χ3n) is 1.98. The van der Waals surface area contributed by atoms with Gasteiger partial charge in [-0.25, -0.2) is 14.6 Å². The van der Waals surface area contributed by atoms with Gasteiger partial charge in [-0.1, -0.05) is 12.2 Å². The summed E-state index contributed by atoms with van der Waals surface area (Å²) in [7, 11) is 0. The second-order valence-electron chi connectivity index (χ2n) is 3.17. The average molecular weight is 298 g/mol. The molecule has 0 atom stereocenters. The highest BCUT2D eigenvalue weighted by atomic mass is 79.9. The molecule has 2 N–H and O–H groups in total. The second-order valence-corrected chi connectivity index (χ2v) is 4.46. The van der Waals surface area contributed by atoms with Crippen LogP contribution in [0.1, 0.15) is 11.4 Å². The van der Waals surface area contributed by atoms with Crippen LogP contribution in [-0.4, -0.2) is 24.7 Å². The first-order chi connectivity index (χ1) is 7.58. The SMILES string of the molecule is Cc1cc(-n2cnc(C(N)=S)n2)ncc1Br. The van der Waals surface area contributed by atoms with Gasteiger partial charge < -0.3 is 5.73 Å². The van der Waals surface area contributed by atoms with Crippen molar-refractivity contribution in [1.29, 1.82) is 0 Å². The van der Waals surface area contributed by atoms with Crippen molar-refractivity contribution in [1.82, 2.24) is 19.7 Å². The highest BCUT2D eigenvalue weighted by molar-refractivity contribution is 9.10. The Labute approximate surface area is 106 Å². The lowest BCUT2D eigenvalue weighted by Gasteiger charge is -2.01. The van der Waals surface area contributed by atoms with Crippen molar-refractivity contribution >= 4 is 33.1 Å². The molecule has 0 spiro atoms. The van der Waals surface area contributed by atoms with E-state index in [1.54, 1.807) is 6.20 Å². The van der Waals surface area contributed by atoms with E-state index in [2.05, 4.69) is 31.0 Å². The smallest absolute Gasteiger partial charge is 0.208 e. The maximum Gasteiger partial charge on any atom is 0.208 e. The van der Waals surface area contributed by atoms with Gasteiger partial charge in [0.05, 0.1) is 0 Å². The molecule has 0 amide bonds. The van der Waals surface area contributed by atoms with Crippen LogP contribution in [0.4, 0.5) is 0 Å². The third kappa shape index (κ3) is 2.10. The number of pyridine rings is 1. The number of thiocarbonyl (C=S) groups is 1. The summed E-state index contributed by atoms with van der Waals surface area (Å²) >= 11 is 8.17. The van der Waals surface area contributed by atoms with Gasteiger partial charge in [-0.2, -0.15) is 0 Å². The molecule has 2 aromatic rings. The zero-order valence-corrected chi connectivity index (χ0v) is 10.8. The Morgan fingerprint density at radius 1 is 1.50 bits per heavy atom. The van der Waals surface area contributed by atoms with Crippen LogP contribution in [0.15, 0.2) is 23.1 Å². The van der Waals surface area contributed by atoms with Crippen LogP contribution in [0.3, 0.4) is 0 Å². The zero-order chi connectivity index (χ0) is 11.7. The maximum absolute atomic E-state index is 5.42. The molecule has 0 saturated heterocycles. The fraction of sp³-hybridized carbons (Fsp3) is 0.111. The van der Waals surface area contributed by atoms with Gasteiger partial charge in [0.15, 0.2) is 5.82 Å². The van der Waals surface area contributed by atoms with Crippen LogP contribution in [-0.2, 0) is 0 Å². The third-order valence-corrected chi connectivity index (χ3v) is 2.99. The van der Waals surface area contributed by atoms with Gasteiger partial charge in [0, 0.05) is 10.7 Å². The van der Waals surface area contributed by atoms with Gasteiger partial charge in [0.25, 0.3) is 0 Å². The Kier molecular flexibility index (Phi) is 2.97. The van der Waals surface area contributed by atoms with Gasteiger partial charge in [0.1, 0.15) is 11.3 Å². The summed E-state index contributed by atoms with van der Waals surface area (Å²) in [6.45, 7) is 1.97. The van der Waals surface area contributed by atoms with Gasteiger partial charge in [-0.15, -0.1) is 5.10 Å². The molecular weight excluding hydrogens is 290 g/mol. The second kappa shape index (κ2) is 4.26. The lowest BCUT2D eigenvalue weighted by molar-refractivity contribution is 0.839. The molecule has 2 heterocycles. The maximum atomic E-state index is 5.42. The topological polar surface area (TPSA) is 69.6 Å². The molecule has 0 saturated carbocycles. The number of nitrogens with zero attached hydrogens (tertiary/aromatic N) is 4. The van der Waals surface area contributed by atoms with Gasteiger partial charge in [-0.3, -0.25) is 0 Å². The van der Waals surface area contributed by atoms with Gasteiger partial charge in [-0.05, 0) is 34.5 Å². The van der Waals surface area contributed by atoms with Crippen LogP contribution >= 0.6 is 28.1 Å². The summed E-state index contributed by atoms with van der Waals surface area (Å²) in [5, 5.41) is 4.11. The fourth-order valence-corrected chi connectivity index (χ4v) is 1.45. The van der Waals surface area contributed by atoms with Crippen LogP contribution in [0.25, 0.3) is 5.82 Å². The summed E-state index contributed by atoms with van der Waals surface area (Å²) in [4.78, 5) is 8.36. The first-order valence-corrected chi connectivity index (χ1v) is 5.62. The Morgan fingerprint density at radius 2 is 2.25 bits per heavy atom. The fourth-order valence-electron chi connectivity index (χ4n) is 1.14. The molecule has 7 heteroatoms. The van der Waals surface area contributed by atoms with Crippen molar-refractivity contribution in [3.8, 4) is 5.82 Å². The number of aromatic nitrogens is 4. The number of halogens is 1. The Hall–Kier alpha value is -1.34. The Balaban J connectivity index is 2.42. The molecule has 0 bridgehead atoms. The highest BCUT2D eigenvalue weighted by Gasteiger charge is 2.06. The molecule has 0 aliphatic rings. The molecule has 16 heavy (non-hydrogen) atoms. The molecule has 2 aromatic heterocycles. The monoisotopic (exact) mass is 297 g/mol. The predicted molar refractivity (Wildman–Crippen MR) is 67.5 cm³/mol. The number of hydrogen-bond donors (Lipinski definition) is 1. The van der Waals surface area contributed by atoms with Crippen LogP contribution < -0.4 is 5.73 Å². The Morgan fingerprint density at radius 3 is 2.81 bits per heavy atom. The number of nitrogens with two attached hydrogens (primary N) is 1. The summed E-state index contributed by atoms with van der Waals surface area (Å²) in [6, 6.07) is 1.89. The quantitative estimate of drug-likeness (QED) is 0.848. The first kappa shape index (κ1) is 11.2. The zero-order valence-electron chi connectivity index (χ0n) is 8.38. The van der Waals surface area contributed by atoms with Crippen molar-refractivity contribution in [3.05, 3.63) is 34.5 Å². The minimum Gasteiger partial charge on any atom is -0.387 e. The summed E-state index contributed by atoms with van der Waals surface area (Å²) in [5.41, 5.74) is 6.49. The van der Waals surface area contributed by atoms with E-state index >= 15 is 0 Å². The summed E-state index contributed by atoms with van der Waals surface area (Å²) in [6.07, 6.45) is 3.25. The van der Waals surface area contributed by atoms with Crippen molar-refractivity contribution in [2.45, 2.75) is 6.92 Å². The molecule has 0 fully saturated rings. The lowest BCUT2D eigenvalue weighted by Crippen LogP contribution is -2.12. The summed E-state index contributed by atoms with van der Waals surface area (Å²) in [5.74, 6) is 1.02. The largest absolute Gasteiger partial charge is 0.387 e. The average Bonchev–Trinajstić information content (AvgIpc) is 2.71. The van der Waals surface area contributed by atoms with Crippen LogP contribution in [0, 0.1) is 6.92 Å². The predicted octanol–water partition coefficient (Wildman–Crippen LogP) is 1.37. The standard InChI is InChI=1S/C9H8BrN5S/c1-5-2-7(12-3-6(5)10)15-4-13-9(14-15)8(11)16/h2-4H,1H3,(H2,11,16). The molecular formula is C9H8BrN5S. The molecule has 5 nitrogen and oxygen atoms in total. The van der Waals surface area contributed by atoms with E-state index in [4.69, 9.17) is 18.0 Å². The molecule has 82 valence electrons. The molecule has 0 unspecified atom stereocenters. The van der Waals surface area contributed by atoms with Crippen molar-refractivity contribution in [3.63, 3.8) is 0 Å². The van der Waals surface area contributed by atoms with E-state index in [1.807, 2.05) is 13.0 Å². The molecule has 0 aromatic carbocycles. The van der Waals surface area contributed by atoms with E-state index in [9.17, 15) is 0 Å². The number of hydrogen-bond acceptors (Lipinski definition) is 4. The van der Waals surface area contributed by atoms with Crippen molar-refractivity contribution < 1.29 is 0 Å². The molecule has 2 rings (SSSR count). The normalized spacial score (nSPS) is 10.4. The molecule has 0 aliphatic carbocycles. The molecule has 0 aliphatic heterocycles. The van der Waals surface area contributed by atoms with Crippen LogP contribution in [0.2, 0.25) is 0 Å². The van der Waals surface area contributed by atoms with E-state index in [0.717, 1.165) is 10.0 Å². The molecule has 0 radical (unpaired) electrons. The van der Waals surface area contributed by atoms with E-state index in [1.165, 1.54) is 11.0 Å². The van der Waals surface area contributed by atoms with E-state index in [-0.39, 0.29) is 4.99 Å². The van der Waals surface area contributed by atoms with Gasteiger partial charge in [0.2, 0.25) is 5.82 Å². The Bertz CT molecular complexity index is 551. The number of aryl methyl sites for hydroxylation is 1. The number of rotatable bonds is 2. The highest BCUT2D eigenvalue weighted by Crippen LogP contribution is 2.16. The first-order valence-electron chi connectivity index (χ1n) is 4.42. The van der Waals surface area contributed by atoms with Crippen molar-refractivity contribution in [2.75, 3.05) is 0 Å². The van der Waals surface area contributed by atoms with Crippen LogP contribution in [0.5, 0.6) is 0 Å². The summed E-state index contributed by atoms with van der Waals surface area (Å²) < 4.78 is 2.49. The van der Waals surface area contributed by atoms with Gasteiger partial charge >= 0.3 is 0 Å². The lowest BCUT2D eigenvalue weighted by atomic mass is 10.3.